The molecule has 3 heterocycles. The Morgan fingerprint density at radius 2 is 1.91 bits per heavy atom. The fourth-order valence-electron chi connectivity index (χ4n) is 4.56. The van der Waals surface area contributed by atoms with Gasteiger partial charge in [-0.15, -0.1) is 0 Å². The van der Waals surface area contributed by atoms with Gasteiger partial charge < -0.3 is 19.3 Å². The number of nitrogens with zero attached hydrogens (tertiary/aromatic N) is 2. The molecule has 0 aliphatic carbocycles. The van der Waals surface area contributed by atoms with Crippen molar-refractivity contribution in [2.45, 2.75) is 13.0 Å². The Morgan fingerprint density at radius 1 is 1.19 bits per heavy atom. The average Bonchev–Trinajstić information content (AvgIpc) is 3.08. The number of hydrogen-bond donors (Lipinski definition) is 1. The van der Waals surface area contributed by atoms with E-state index in [4.69, 9.17) is 9.47 Å². The van der Waals surface area contributed by atoms with Gasteiger partial charge in [0.25, 0.3) is 5.91 Å². The second-order valence-electron chi connectivity index (χ2n) is 8.22. The maximum absolute atomic E-state index is 13.6. The van der Waals surface area contributed by atoms with Crippen LogP contribution in [0.25, 0.3) is 0 Å². The number of quaternary nitrogens is 1. The molecule has 1 amide bonds. The third kappa shape index (κ3) is 4.28. The number of pyridine rings is 1. The van der Waals surface area contributed by atoms with Crippen molar-refractivity contribution in [1.29, 1.82) is 0 Å². The third-order valence-corrected chi connectivity index (χ3v) is 6.34. The summed E-state index contributed by atoms with van der Waals surface area (Å²) >= 11 is 0. The van der Waals surface area contributed by atoms with Gasteiger partial charge in [0.15, 0.2) is 5.78 Å². The zero-order valence-corrected chi connectivity index (χ0v) is 18.4. The predicted molar refractivity (Wildman–Crippen MR) is 116 cm³/mol. The number of amides is 1. The number of morpholine rings is 1. The van der Waals surface area contributed by atoms with Gasteiger partial charge in [0.1, 0.15) is 24.8 Å². The molecule has 168 valence electrons. The highest BCUT2D eigenvalue weighted by atomic mass is 16.5. The number of nitrogens with one attached hydrogen (secondary N) is 1. The first kappa shape index (κ1) is 22.1. The summed E-state index contributed by atoms with van der Waals surface area (Å²) in [6.07, 6.45) is 3.24. The molecule has 1 aromatic carbocycles. The molecule has 0 spiro atoms. The Kier molecular flexibility index (Phi) is 6.62. The summed E-state index contributed by atoms with van der Waals surface area (Å²) in [5.74, 6) is -2.04. The minimum atomic E-state index is -1.09. The molecule has 8 nitrogen and oxygen atoms in total. The van der Waals surface area contributed by atoms with Crippen LogP contribution in [0.2, 0.25) is 0 Å². The second kappa shape index (κ2) is 9.58. The zero-order chi connectivity index (χ0) is 22.7. The number of hydrogen-bond acceptors (Lipinski definition) is 6. The average molecular weight is 439 g/mol. The topological polar surface area (TPSA) is 90.2 Å². The molecule has 2 fully saturated rings. The summed E-state index contributed by atoms with van der Waals surface area (Å²) in [4.78, 5) is 46.7. The van der Waals surface area contributed by atoms with E-state index in [9.17, 15) is 14.4 Å². The number of aryl methyl sites for hydroxylation is 1. The van der Waals surface area contributed by atoms with Gasteiger partial charge in [0.2, 0.25) is 5.78 Å². The number of aromatic nitrogens is 1. The SMILES string of the molecule is COc1ccc(C(=O)C2C(=O)C(=O)N(CC[NH+]3CCOCC3)C2c2ccncc2)c(C)c1. The van der Waals surface area contributed by atoms with E-state index in [0.29, 0.717) is 43.2 Å². The minimum Gasteiger partial charge on any atom is -0.497 e. The largest absolute Gasteiger partial charge is 0.497 e. The van der Waals surface area contributed by atoms with Crippen molar-refractivity contribution < 1.29 is 28.8 Å². The number of ether oxygens (including phenoxy) is 2. The van der Waals surface area contributed by atoms with E-state index in [-0.39, 0.29) is 5.78 Å². The van der Waals surface area contributed by atoms with Crippen molar-refractivity contribution in [3.8, 4) is 5.75 Å². The van der Waals surface area contributed by atoms with Crippen LogP contribution >= 0.6 is 0 Å². The van der Waals surface area contributed by atoms with E-state index in [1.54, 1.807) is 61.7 Å². The smallest absolute Gasteiger partial charge is 0.291 e. The molecule has 0 saturated carbocycles. The lowest BCUT2D eigenvalue weighted by Crippen LogP contribution is -3.14. The third-order valence-electron chi connectivity index (χ3n) is 6.34. The molecule has 8 heteroatoms. The lowest BCUT2D eigenvalue weighted by Gasteiger charge is -2.30. The number of Topliss-reactive ketones (excluding diaryl/α,β-unsaturated/α-hetero) is 2. The fourth-order valence-corrected chi connectivity index (χ4v) is 4.56. The molecule has 0 bridgehead atoms. The van der Waals surface area contributed by atoms with Gasteiger partial charge in [-0.3, -0.25) is 19.4 Å². The predicted octanol–water partition coefficient (Wildman–Crippen LogP) is 0.265. The van der Waals surface area contributed by atoms with Crippen molar-refractivity contribution >= 4 is 17.5 Å². The van der Waals surface area contributed by atoms with Crippen LogP contribution in [0.5, 0.6) is 5.75 Å². The van der Waals surface area contributed by atoms with E-state index in [1.165, 1.54) is 4.90 Å². The van der Waals surface area contributed by atoms with Crippen molar-refractivity contribution in [3.63, 3.8) is 0 Å². The van der Waals surface area contributed by atoms with Crippen LogP contribution < -0.4 is 9.64 Å². The molecule has 32 heavy (non-hydrogen) atoms. The first-order valence-electron chi connectivity index (χ1n) is 10.9. The molecule has 2 aliphatic rings. The summed E-state index contributed by atoms with van der Waals surface area (Å²) in [5, 5.41) is 0. The van der Waals surface area contributed by atoms with Crippen LogP contribution in [0.15, 0.2) is 42.7 Å². The van der Waals surface area contributed by atoms with E-state index >= 15 is 0 Å². The molecule has 2 aliphatic heterocycles. The Morgan fingerprint density at radius 3 is 2.56 bits per heavy atom. The number of rotatable bonds is 7. The monoisotopic (exact) mass is 438 g/mol. The Balaban J connectivity index is 1.66. The van der Waals surface area contributed by atoms with Crippen LogP contribution in [0.4, 0.5) is 0 Å². The number of methoxy groups -OCH3 is 1. The first-order valence-corrected chi connectivity index (χ1v) is 10.9. The summed E-state index contributed by atoms with van der Waals surface area (Å²) in [5.41, 5.74) is 1.87. The van der Waals surface area contributed by atoms with E-state index < -0.39 is 23.7 Å². The Hall–Kier alpha value is -3.10. The van der Waals surface area contributed by atoms with Crippen molar-refractivity contribution in [1.82, 2.24) is 9.88 Å². The Bertz CT molecular complexity index is 1000. The highest BCUT2D eigenvalue weighted by molar-refractivity contribution is 6.44. The molecule has 2 aromatic rings. The van der Waals surface area contributed by atoms with Gasteiger partial charge in [-0.2, -0.15) is 0 Å². The van der Waals surface area contributed by atoms with E-state index in [2.05, 4.69) is 4.98 Å². The number of carbonyl (C=O) groups excluding carboxylic acids is 3. The molecule has 4 rings (SSSR count). The lowest BCUT2D eigenvalue weighted by atomic mass is 9.85. The van der Waals surface area contributed by atoms with Crippen molar-refractivity contribution in [2.75, 3.05) is 46.5 Å². The number of likely N-dealkylation sites (tertiary alicyclic amines) is 1. The van der Waals surface area contributed by atoms with Gasteiger partial charge in [-0.25, -0.2) is 0 Å². The van der Waals surface area contributed by atoms with Gasteiger partial charge >= 0.3 is 0 Å². The van der Waals surface area contributed by atoms with E-state index in [0.717, 1.165) is 18.7 Å². The highest BCUT2D eigenvalue weighted by Gasteiger charge is 2.52. The van der Waals surface area contributed by atoms with Crippen LogP contribution in [-0.4, -0.2) is 73.9 Å². The van der Waals surface area contributed by atoms with Crippen LogP contribution in [0.3, 0.4) is 0 Å². The maximum Gasteiger partial charge on any atom is 0.291 e. The minimum absolute atomic E-state index is 0.341. The second-order valence-corrected chi connectivity index (χ2v) is 8.22. The van der Waals surface area contributed by atoms with Crippen LogP contribution in [0, 0.1) is 12.8 Å². The summed E-state index contributed by atoms with van der Waals surface area (Å²) < 4.78 is 10.6. The summed E-state index contributed by atoms with van der Waals surface area (Å²) in [6, 6.07) is 8.02. The number of carbonyl (C=O) groups is 3. The fraction of sp³-hybridized carbons (Fsp3) is 0.417. The lowest BCUT2D eigenvalue weighted by molar-refractivity contribution is -0.907. The molecular formula is C24H28N3O5+. The maximum atomic E-state index is 13.6. The zero-order valence-electron chi connectivity index (χ0n) is 18.4. The van der Waals surface area contributed by atoms with Gasteiger partial charge in [-0.05, 0) is 48.4 Å². The number of ketones is 2. The molecule has 1 N–H and O–H groups in total. The van der Waals surface area contributed by atoms with Crippen LogP contribution in [0.1, 0.15) is 27.5 Å². The highest BCUT2D eigenvalue weighted by Crippen LogP contribution is 2.38. The van der Waals surface area contributed by atoms with Gasteiger partial charge in [0.05, 0.1) is 39.5 Å². The Labute approximate surface area is 187 Å². The molecular weight excluding hydrogens is 410 g/mol. The summed E-state index contributed by atoms with van der Waals surface area (Å²) in [7, 11) is 1.56. The van der Waals surface area contributed by atoms with Gasteiger partial charge in [0, 0.05) is 18.0 Å². The molecule has 2 saturated heterocycles. The molecule has 0 radical (unpaired) electrons. The van der Waals surface area contributed by atoms with Crippen LogP contribution in [-0.2, 0) is 14.3 Å². The summed E-state index contributed by atoms with van der Waals surface area (Å²) in [6.45, 7) is 6.01. The molecule has 2 atom stereocenters. The standard InChI is InChI=1S/C24H27N3O5/c1-16-15-18(31-2)3-4-19(16)22(28)20-21(17-5-7-25-8-6-17)27(24(30)23(20)29)10-9-26-11-13-32-14-12-26/h3-8,15,20-21H,9-14H2,1-2H3/p+1. The van der Waals surface area contributed by atoms with Gasteiger partial charge in [-0.1, -0.05) is 0 Å². The quantitative estimate of drug-likeness (QED) is 0.379. The molecule has 1 aromatic heterocycles. The molecule has 2 unspecified atom stereocenters. The normalized spacial score (nSPS) is 21.8. The van der Waals surface area contributed by atoms with E-state index in [1.807, 2.05) is 0 Å². The first-order chi connectivity index (χ1) is 15.5. The van der Waals surface area contributed by atoms with Crippen molar-refractivity contribution in [2.24, 2.45) is 5.92 Å². The van der Waals surface area contributed by atoms with Crippen molar-refractivity contribution in [3.05, 3.63) is 59.4 Å². The number of benzene rings is 1.